The predicted octanol–water partition coefficient (Wildman–Crippen LogP) is -1.03. The molecule has 0 bridgehead atoms. The summed E-state index contributed by atoms with van der Waals surface area (Å²) >= 11 is 0. The molecule has 0 heterocycles. The Hall–Kier alpha value is 0.708. The highest BCUT2D eigenvalue weighted by atomic mass is 29.2. The Morgan fingerprint density at radius 1 is 1.12 bits per heavy atom. The standard InChI is InChI=1S/C8H28N2O2Si4/c1-15(2)11-13-14-12-16(3,8-6-10)7-4-5-9/h15H,4-10,13-14H2,1-3H3. The fraction of sp³-hybridized carbons (Fsp3) is 1.00. The second-order valence-electron chi connectivity index (χ2n) is 4.65. The lowest BCUT2D eigenvalue weighted by molar-refractivity contribution is 0.566. The van der Waals surface area contributed by atoms with Crippen LogP contribution in [0.3, 0.4) is 0 Å². The maximum absolute atomic E-state index is 6.22. The summed E-state index contributed by atoms with van der Waals surface area (Å²) in [6.07, 6.45) is 1.08. The lowest BCUT2D eigenvalue weighted by atomic mass is 10.5. The summed E-state index contributed by atoms with van der Waals surface area (Å²) in [6.45, 7) is 8.29. The van der Waals surface area contributed by atoms with Crippen molar-refractivity contribution in [2.75, 3.05) is 13.1 Å². The number of nitrogens with two attached hydrogens (primary N) is 2. The van der Waals surface area contributed by atoms with Crippen LogP contribution in [-0.4, -0.2) is 49.0 Å². The van der Waals surface area contributed by atoms with Crippen LogP contribution in [0, 0.1) is 0 Å². The number of rotatable bonds is 10. The van der Waals surface area contributed by atoms with Crippen molar-refractivity contribution >= 4 is 35.9 Å². The Kier molecular flexibility index (Phi) is 10.1. The van der Waals surface area contributed by atoms with Gasteiger partial charge in [0.25, 0.3) is 0 Å². The van der Waals surface area contributed by atoms with Crippen LogP contribution in [0.15, 0.2) is 0 Å². The summed E-state index contributed by atoms with van der Waals surface area (Å²) in [5.74, 6) is 0. The van der Waals surface area contributed by atoms with Crippen LogP contribution in [0.2, 0.25) is 31.7 Å². The molecule has 0 spiro atoms. The van der Waals surface area contributed by atoms with Gasteiger partial charge in [-0.3, -0.25) is 0 Å². The lowest BCUT2D eigenvalue weighted by Crippen LogP contribution is -2.40. The fourth-order valence-electron chi connectivity index (χ4n) is 1.62. The van der Waals surface area contributed by atoms with Crippen molar-refractivity contribution in [3.05, 3.63) is 0 Å². The third kappa shape index (κ3) is 8.81. The van der Waals surface area contributed by atoms with Gasteiger partial charge in [-0.05, 0) is 51.2 Å². The lowest BCUT2D eigenvalue weighted by Gasteiger charge is -2.27. The van der Waals surface area contributed by atoms with Crippen molar-refractivity contribution in [3.8, 4) is 0 Å². The van der Waals surface area contributed by atoms with E-state index in [0.29, 0.717) is 0 Å². The molecule has 0 radical (unpaired) electrons. The summed E-state index contributed by atoms with van der Waals surface area (Å²) in [4.78, 5) is 0. The molecule has 8 heteroatoms. The van der Waals surface area contributed by atoms with Gasteiger partial charge in [0, 0.05) is 0 Å². The first-order valence-corrected chi connectivity index (χ1v) is 17.0. The van der Waals surface area contributed by atoms with Gasteiger partial charge in [-0.15, -0.1) is 0 Å². The second-order valence-corrected chi connectivity index (χ2v) is 16.4. The molecule has 0 amide bonds. The number of hydrogen-bond donors (Lipinski definition) is 2. The van der Waals surface area contributed by atoms with E-state index >= 15 is 0 Å². The van der Waals surface area contributed by atoms with Gasteiger partial charge in [0.2, 0.25) is 0 Å². The van der Waals surface area contributed by atoms with Gasteiger partial charge in [-0.2, -0.15) is 0 Å². The molecule has 0 aliphatic heterocycles. The van der Waals surface area contributed by atoms with E-state index in [4.69, 9.17) is 19.7 Å². The van der Waals surface area contributed by atoms with Crippen molar-refractivity contribution in [2.24, 2.45) is 11.5 Å². The van der Waals surface area contributed by atoms with E-state index in [1.54, 1.807) is 0 Å². The maximum atomic E-state index is 6.22. The van der Waals surface area contributed by atoms with E-state index in [0.717, 1.165) is 25.6 Å². The van der Waals surface area contributed by atoms with E-state index in [2.05, 4.69) is 19.6 Å². The van der Waals surface area contributed by atoms with Gasteiger partial charge >= 0.3 is 0 Å². The average Bonchev–Trinajstić information content (AvgIpc) is 2.22. The SMILES string of the molecule is C[SiH](C)O[SiH2][SiH2]O[Si](C)(CCN)CCCN. The molecule has 0 rings (SSSR count). The molecule has 0 aromatic carbocycles. The Balaban J connectivity index is 3.82. The highest BCUT2D eigenvalue weighted by Crippen LogP contribution is 2.17. The molecule has 4 nitrogen and oxygen atoms in total. The maximum Gasteiger partial charge on any atom is 0.177 e. The summed E-state index contributed by atoms with van der Waals surface area (Å²) in [5, 5.41) is 0. The smallest absolute Gasteiger partial charge is 0.177 e. The van der Waals surface area contributed by atoms with Crippen molar-refractivity contribution in [3.63, 3.8) is 0 Å². The minimum Gasteiger partial charge on any atom is -0.463 e. The molecule has 1 atom stereocenters. The van der Waals surface area contributed by atoms with E-state index < -0.39 is 17.4 Å². The first-order valence-electron chi connectivity index (χ1n) is 6.20. The fourth-order valence-corrected chi connectivity index (χ4v) is 19.5. The van der Waals surface area contributed by atoms with Gasteiger partial charge in [-0.25, -0.2) is 0 Å². The van der Waals surface area contributed by atoms with E-state index in [9.17, 15) is 0 Å². The molecule has 0 aromatic heterocycles. The van der Waals surface area contributed by atoms with Crippen molar-refractivity contribution in [2.45, 2.75) is 38.2 Å². The minimum absolute atomic E-state index is 0.315. The molecule has 4 N–H and O–H groups in total. The molecular formula is C8H28N2O2Si4. The third-order valence-electron chi connectivity index (χ3n) is 2.57. The van der Waals surface area contributed by atoms with Gasteiger partial charge in [0.15, 0.2) is 35.9 Å². The minimum atomic E-state index is -1.52. The van der Waals surface area contributed by atoms with Gasteiger partial charge in [-0.1, -0.05) is 0 Å². The molecule has 0 aromatic rings. The molecule has 16 heavy (non-hydrogen) atoms. The van der Waals surface area contributed by atoms with Crippen LogP contribution in [0.5, 0.6) is 0 Å². The zero-order valence-electron chi connectivity index (χ0n) is 11.0. The Labute approximate surface area is 107 Å². The van der Waals surface area contributed by atoms with Gasteiger partial charge in [0.1, 0.15) is 0 Å². The molecule has 0 aliphatic rings. The molecule has 0 fully saturated rings. The average molecular weight is 297 g/mol. The topological polar surface area (TPSA) is 70.5 Å². The molecule has 0 saturated carbocycles. The number of hydrogen-bond acceptors (Lipinski definition) is 4. The van der Waals surface area contributed by atoms with Crippen molar-refractivity contribution in [1.82, 2.24) is 0 Å². The summed E-state index contributed by atoms with van der Waals surface area (Å²) in [6, 6.07) is 2.24. The quantitative estimate of drug-likeness (QED) is 0.399. The van der Waals surface area contributed by atoms with Crippen LogP contribution in [0.1, 0.15) is 6.42 Å². The van der Waals surface area contributed by atoms with Crippen LogP contribution in [0.4, 0.5) is 0 Å². The first kappa shape index (κ1) is 16.7. The first-order chi connectivity index (χ1) is 7.54. The molecular weight excluding hydrogens is 268 g/mol. The predicted molar refractivity (Wildman–Crippen MR) is 82.1 cm³/mol. The Bertz CT molecular complexity index is 176. The van der Waals surface area contributed by atoms with Crippen LogP contribution in [-0.2, 0) is 8.23 Å². The van der Waals surface area contributed by atoms with E-state index in [1.807, 2.05) is 0 Å². The zero-order valence-corrected chi connectivity index (χ0v) is 16.0. The van der Waals surface area contributed by atoms with E-state index in [1.165, 1.54) is 6.04 Å². The van der Waals surface area contributed by atoms with Gasteiger partial charge in [0.05, 0.1) is 0 Å². The highest BCUT2D eigenvalue weighted by molar-refractivity contribution is 6.99. The van der Waals surface area contributed by atoms with Crippen molar-refractivity contribution in [1.29, 1.82) is 0 Å². The third-order valence-corrected chi connectivity index (χ3v) is 17.2. The Morgan fingerprint density at radius 2 is 1.81 bits per heavy atom. The summed E-state index contributed by atoms with van der Waals surface area (Å²) in [5.41, 5.74) is 11.2. The van der Waals surface area contributed by atoms with E-state index in [-0.39, 0.29) is 18.6 Å². The monoisotopic (exact) mass is 296 g/mol. The summed E-state index contributed by atoms with van der Waals surface area (Å²) < 4.78 is 12.0. The largest absolute Gasteiger partial charge is 0.463 e. The van der Waals surface area contributed by atoms with Crippen LogP contribution in [0.25, 0.3) is 0 Å². The second kappa shape index (κ2) is 9.71. The summed E-state index contributed by atoms with van der Waals surface area (Å²) in [7, 11) is -3.01. The van der Waals surface area contributed by atoms with Crippen molar-refractivity contribution < 1.29 is 8.23 Å². The van der Waals surface area contributed by atoms with Crippen LogP contribution < -0.4 is 11.5 Å². The highest BCUT2D eigenvalue weighted by Gasteiger charge is 2.26. The molecule has 98 valence electrons. The molecule has 0 saturated heterocycles. The van der Waals surface area contributed by atoms with Crippen LogP contribution >= 0.6 is 0 Å². The molecule has 0 aliphatic carbocycles. The van der Waals surface area contributed by atoms with Gasteiger partial charge < -0.3 is 19.7 Å². The normalized spacial score (nSPS) is 16.9. The molecule has 1 unspecified atom stereocenters. The zero-order chi connectivity index (χ0) is 12.4. The Morgan fingerprint density at radius 3 is 2.31 bits per heavy atom.